The molecule has 0 rings (SSSR count). The minimum Gasteiger partial charge on any atom is -0.308 e. The number of hydrogen-bond donors (Lipinski definition) is 0. The molecule has 0 bridgehead atoms. The van der Waals surface area contributed by atoms with E-state index in [0.29, 0.717) is 6.04 Å². The van der Waals surface area contributed by atoms with E-state index >= 15 is 0 Å². The van der Waals surface area contributed by atoms with Crippen LogP contribution in [0.25, 0.3) is 0 Å². The minimum absolute atomic E-state index is 0.417. The molecule has 0 fully saturated rings. The maximum absolute atomic E-state index is 8.60. The molecular formula is C8H16N2. The molecule has 0 aromatic heterocycles. The van der Waals surface area contributed by atoms with Gasteiger partial charge in [0.05, 0.1) is 0 Å². The quantitative estimate of drug-likeness (QED) is 0.441. The molecular weight excluding hydrogens is 124 g/mol. The van der Waals surface area contributed by atoms with Crippen molar-refractivity contribution in [1.29, 1.82) is 5.26 Å². The third-order valence-corrected chi connectivity index (χ3v) is 1.71. The normalized spacial score (nSPS) is 12.2. The van der Waals surface area contributed by atoms with Crippen molar-refractivity contribution in [3.63, 3.8) is 0 Å². The van der Waals surface area contributed by atoms with E-state index in [1.54, 1.807) is 0 Å². The molecule has 0 spiro atoms. The first kappa shape index (κ1) is 9.29. The molecule has 0 N–H and O–H groups in total. The van der Waals surface area contributed by atoms with Crippen LogP contribution in [0.5, 0.6) is 0 Å². The molecule has 0 saturated carbocycles. The molecule has 0 amide bonds. The van der Waals surface area contributed by atoms with E-state index < -0.39 is 0 Å². The van der Waals surface area contributed by atoms with Gasteiger partial charge in [-0.25, -0.2) is 0 Å². The highest BCUT2D eigenvalue weighted by atomic mass is 15.1. The van der Waals surface area contributed by atoms with Crippen LogP contribution in [0, 0.1) is 11.5 Å². The Balaban J connectivity index is 3.67. The zero-order chi connectivity index (χ0) is 7.98. The van der Waals surface area contributed by atoms with Crippen LogP contribution >= 0.6 is 0 Å². The highest BCUT2D eigenvalue weighted by molar-refractivity contribution is 4.77. The summed E-state index contributed by atoms with van der Waals surface area (Å²) < 4.78 is 0. The first-order chi connectivity index (χ1) is 4.76. The van der Waals surface area contributed by atoms with E-state index in [-0.39, 0.29) is 0 Å². The number of hydrogen-bond acceptors (Lipinski definition) is 2. The molecule has 10 heavy (non-hydrogen) atoms. The Bertz CT molecular complexity index is 115. The molecule has 0 heterocycles. The number of rotatable bonds is 4. The highest BCUT2D eigenvalue weighted by Crippen LogP contribution is 2.03. The summed E-state index contributed by atoms with van der Waals surface area (Å²) >= 11 is 0. The van der Waals surface area contributed by atoms with Gasteiger partial charge in [0.2, 0.25) is 0 Å². The molecule has 58 valence electrons. The van der Waals surface area contributed by atoms with Crippen molar-refractivity contribution in [2.75, 3.05) is 6.54 Å². The van der Waals surface area contributed by atoms with Crippen LogP contribution in [0.15, 0.2) is 0 Å². The first-order valence-electron chi connectivity index (χ1n) is 3.92. The fraction of sp³-hybridized carbons (Fsp3) is 0.875. The lowest BCUT2D eigenvalue weighted by Gasteiger charge is -2.20. The summed E-state index contributed by atoms with van der Waals surface area (Å²) in [6.45, 7) is 7.07. The van der Waals surface area contributed by atoms with Crippen LogP contribution in [0.1, 0.15) is 33.6 Å². The third-order valence-electron chi connectivity index (χ3n) is 1.71. The largest absolute Gasteiger partial charge is 0.308 e. The van der Waals surface area contributed by atoms with Crippen molar-refractivity contribution in [2.24, 2.45) is 0 Å². The lowest BCUT2D eigenvalue weighted by Crippen LogP contribution is -2.27. The Hall–Kier alpha value is -0.710. The molecule has 1 unspecified atom stereocenters. The summed E-state index contributed by atoms with van der Waals surface area (Å²) in [4.78, 5) is 1.81. The molecule has 0 aliphatic carbocycles. The minimum atomic E-state index is 0.417. The van der Waals surface area contributed by atoms with Crippen LogP contribution in [-0.2, 0) is 0 Å². The van der Waals surface area contributed by atoms with Crippen molar-refractivity contribution in [2.45, 2.75) is 39.7 Å². The van der Waals surface area contributed by atoms with Gasteiger partial charge in [-0.05, 0) is 20.3 Å². The van der Waals surface area contributed by atoms with Crippen molar-refractivity contribution >= 4 is 0 Å². The van der Waals surface area contributed by atoms with E-state index in [2.05, 4.69) is 20.0 Å². The summed E-state index contributed by atoms with van der Waals surface area (Å²) in [5, 5.41) is 8.60. The lowest BCUT2D eigenvalue weighted by molar-refractivity contribution is 0.304. The van der Waals surface area contributed by atoms with Crippen LogP contribution in [0.3, 0.4) is 0 Å². The smallest absolute Gasteiger partial charge is 0.179 e. The van der Waals surface area contributed by atoms with Crippen LogP contribution in [0.4, 0.5) is 0 Å². The van der Waals surface area contributed by atoms with E-state index in [4.69, 9.17) is 5.26 Å². The fourth-order valence-electron chi connectivity index (χ4n) is 1.05. The molecule has 0 radical (unpaired) electrons. The zero-order valence-corrected chi connectivity index (χ0v) is 7.09. The average molecular weight is 140 g/mol. The van der Waals surface area contributed by atoms with Gasteiger partial charge in [-0.1, -0.05) is 13.3 Å². The lowest BCUT2D eigenvalue weighted by atomic mass is 10.2. The van der Waals surface area contributed by atoms with E-state index in [1.807, 2.05) is 11.8 Å². The van der Waals surface area contributed by atoms with Gasteiger partial charge < -0.3 is 4.90 Å². The molecule has 0 aromatic carbocycles. The molecule has 1 atom stereocenters. The highest BCUT2D eigenvalue weighted by Gasteiger charge is 2.06. The average Bonchev–Trinajstić information content (AvgIpc) is 1.91. The zero-order valence-electron chi connectivity index (χ0n) is 7.09. The summed E-state index contributed by atoms with van der Waals surface area (Å²) in [6, 6.07) is 0.417. The molecule has 0 saturated heterocycles. The van der Waals surface area contributed by atoms with Crippen molar-refractivity contribution in [3.8, 4) is 6.19 Å². The molecule has 0 aromatic rings. The van der Waals surface area contributed by atoms with Crippen LogP contribution < -0.4 is 0 Å². The fourth-order valence-corrected chi connectivity index (χ4v) is 1.05. The first-order valence-corrected chi connectivity index (χ1v) is 3.92. The van der Waals surface area contributed by atoms with E-state index in [1.165, 1.54) is 0 Å². The molecule has 2 nitrogen and oxygen atoms in total. The monoisotopic (exact) mass is 140 g/mol. The van der Waals surface area contributed by atoms with Gasteiger partial charge in [-0.3, -0.25) is 0 Å². The number of nitriles is 1. The summed E-state index contributed by atoms with van der Waals surface area (Å²) in [5.41, 5.74) is 0. The summed E-state index contributed by atoms with van der Waals surface area (Å²) in [5.74, 6) is 0. The predicted octanol–water partition coefficient (Wildman–Crippen LogP) is 1.98. The Labute approximate surface area is 63.4 Å². The van der Waals surface area contributed by atoms with Gasteiger partial charge >= 0.3 is 0 Å². The second kappa shape index (κ2) is 5.10. The maximum Gasteiger partial charge on any atom is 0.179 e. The van der Waals surface area contributed by atoms with E-state index in [9.17, 15) is 0 Å². The Morgan fingerprint density at radius 1 is 1.50 bits per heavy atom. The maximum atomic E-state index is 8.60. The second-order valence-corrected chi connectivity index (χ2v) is 2.52. The topological polar surface area (TPSA) is 27.0 Å². The summed E-state index contributed by atoms with van der Waals surface area (Å²) in [6.07, 6.45) is 4.43. The van der Waals surface area contributed by atoms with Gasteiger partial charge in [0, 0.05) is 12.6 Å². The van der Waals surface area contributed by atoms with Gasteiger partial charge in [0.25, 0.3) is 0 Å². The van der Waals surface area contributed by atoms with Crippen LogP contribution in [0.2, 0.25) is 0 Å². The van der Waals surface area contributed by atoms with E-state index in [0.717, 1.165) is 19.4 Å². The van der Waals surface area contributed by atoms with Crippen molar-refractivity contribution in [1.82, 2.24) is 4.90 Å². The molecule has 0 aliphatic rings. The standard InChI is InChI=1S/C8H16N2/c1-4-6-8(3)10(5-2)7-9/h8H,4-6H2,1-3H3. The Morgan fingerprint density at radius 2 is 2.10 bits per heavy atom. The summed E-state index contributed by atoms with van der Waals surface area (Å²) in [7, 11) is 0. The van der Waals surface area contributed by atoms with Gasteiger partial charge in [0.1, 0.15) is 0 Å². The Morgan fingerprint density at radius 3 is 2.40 bits per heavy atom. The SMILES string of the molecule is CCCC(C)N(C#N)CC. The van der Waals surface area contributed by atoms with Gasteiger partial charge in [0.15, 0.2) is 6.19 Å². The molecule has 2 heteroatoms. The molecule has 0 aliphatic heterocycles. The van der Waals surface area contributed by atoms with Gasteiger partial charge in [-0.2, -0.15) is 5.26 Å². The second-order valence-electron chi connectivity index (χ2n) is 2.52. The van der Waals surface area contributed by atoms with Crippen LogP contribution in [-0.4, -0.2) is 17.5 Å². The number of nitrogens with zero attached hydrogens (tertiary/aromatic N) is 2. The Kier molecular flexibility index (Phi) is 4.74. The predicted molar refractivity (Wildman–Crippen MR) is 42.4 cm³/mol. The van der Waals surface area contributed by atoms with Gasteiger partial charge in [-0.15, -0.1) is 0 Å². The third kappa shape index (κ3) is 2.72. The van der Waals surface area contributed by atoms with Crippen molar-refractivity contribution in [3.05, 3.63) is 0 Å². The van der Waals surface area contributed by atoms with Crippen molar-refractivity contribution < 1.29 is 0 Å².